The fraction of sp³-hybridized carbons (Fsp3) is 0.467. The Kier molecular flexibility index (Phi) is 4.94. The van der Waals surface area contributed by atoms with Gasteiger partial charge in [0.1, 0.15) is 0 Å². The van der Waals surface area contributed by atoms with Gasteiger partial charge in [0.05, 0.1) is 12.0 Å². The number of hydrogen-bond acceptors (Lipinski definition) is 7. The Morgan fingerprint density at radius 2 is 1.72 bits per heavy atom. The van der Waals surface area contributed by atoms with Gasteiger partial charge >= 0.3 is 5.22 Å². The standard InChI is InChI=1S/C15H19N3O5S2/c1-24(19,20)18-9-7-13(8-10-18)14-16-17-15(23-14)25(21,22)11-12-5-3-2-4-6-12/h2-6,13H,7-11H2,1H3. The molecule has 0 unspecified atom stereocenters. The topological polar surface area (TPSA) is 110 Å². The van der Waals surface area contributed by atoms with Gasteiger partial charge in [0.15, 0.2) is 0 Å². The molecule has 0 N–H and O–H groups in total. The summed E-state index contributed by atoms with van der Waals surface area (Å²) in [5, 5.41) is 7.17. The number of hydrogen-bond donors (Lipinski definition) is 0. The van der Waals surface area contributed by atoms with Crippen LogP contribution in [0.4, 0.5) is 0 Å². The second kappa shape index (κ2) is 6.85. The van der Waals surface area contributed by atoms with E-state index < -0.39 is 25.1 Å². The van der Waals surface area contributed by atoms with Crippen molar-refractivity contribution < 1.29 is 21.3 Å². The van der Waals surface area contributed by atoms with E-state index in [4.69, 9.17) is 4.42 Å². The first-order valence-corrected chi connectivity index (χ1v) is 11.3. The minimum atomic E-state index is -3.71. The van der Waals surface area contributed by atoms with Crippen molar-refractivity contribution in [2.24, 2.45) is 0 Å². The Labute approximate surface area is 146 Å². The van der Waals surface area contributed by atoms with Crippen LogP contribution in [0.1, 0.15) is 30.2 Å². The van der Waals surface area contributed by atoms with Crippen molar-refractivity contribution in [1.82, 2.24) is 14.5 Å². The summed E-state index contributed by atoms with van der Waals surface area (Å²) in [6.07, 6.45) is 2.22. The Balaban J connectivity index is 1.70. The molecule has 1 fully saturated rings. The fourth-order valence-corrected chi connectivity index (χ4v) is 4.81. The molecule has 3 rings (SSSR count). The second-order valence-electron chi connectivity index (χ2n) is 6.09. The number of rotatable bonds is 5. The molecule has 1 aromatic carbocycles. The van der Waals surface area contributed by atoms with Gasteiger partial charge in [0.25, 0.3) is 0 Å². The average molecular weight is 385 g/mol. The highest BCUT2D eigenvalue weighted by Gasteiger charge is 2.31. The van der Waals surface area contributed by atoms with Gasteiger partial charge in [-0.2, -0.15) is 0 Å². The molecule has 1 aromatic heterocycles. The predicted molar refractivity (Wildman–Crippen MR) is 90.0 cm³/mol. The van der Waals surface area contributed by atoms with Crippen LogP contribution in [0.2, 0.25) is 0 Å². The zero-order chi connectivity index (χ0) is 18.1. The van der Waals surface area contributed by atoms with E-state index in [2.05, 4.69) is 10.2 Å². The van der Waals surface area contributed by atoms with Crippen LogP contribution in [0, 0.1) is 0 Å². The van der Waals surface area contributed by atoms with Crippen LogP contribution < -0.4 is 0 Å². The van der Waals surface area contributed by atoms with E-state index in [0.717, 1.165) is 0 Å². The fourth-order valence-electron chi connectivity index (χ4n) is 2.80. The summed E-state index contributed by atoms with van der Waals surface area (Å²) < 4.78 is 54.7. The molecule has 10 heteroatoms. The van der Waals surface area contributed by atoms with Gasteiger partial charge < -0.3 is 4.42 Å². The molecule has 0 atom stereocenters. The monoisotopic (exact) mass is 385 g/mol. The predicted octanol–water partition coefficient (Wildman–Crippen LogP) is 1.18. The Morgan fingerprint density at radius 3 is 2.32 bits per heavy atom. The molecule has 25 heavy (non-hydrogen) atoms. The van der Waals surface area contributed by atoms with Gasteiger partial charge in [-0.1, -0.05) is 35.4 Å². The number of benzene rings is 1. The second-order valence-corrected chi connectivity index (χ2v) is 9.94. The lowest BCUT2D eigenvalue weighted by molar-refractivity contribution is 0.279. The zero-order valence-corrected chi connectivity index (χ0v) is 15.3. The van der Waals surface area contributed by atoms with E-state index in [-0.39, 0.29) is 17.6 Å². The highest BCUT2D eigenvalue weighted by Crippen LogP contribution is 2.29. The van der Waals surface area contributed by atoms with Gasteiger partial charge in [0.2, 0.25) is 25.8 Å². The van der Waals surface area contributed by atoms with Crippen LogP contribution in [0.15, 0.2) is 40.0 Å². The SMILES string of the molecule is CS(=O)(=O)N1CCC(c2nnc(S(=O)(=O)Cc3ccccc3)o2)CC1. The summed E-state index contributed by atoms with van der Waals surface area (Å²) in [5.41, 5.74) is 0.642. The smallest absolute Gasteiger partial charge is 0.335 e. The van der Waals surface area contributed by atoms with E-state index in [1.807, 2.05) is 6.07 Å². The molecule has 0 aliphatic carbocycles. The van der Waals surface area contributed by atoms with Crippen LogP contribution in [0.5, 0.6) is 0 Å². The first-order valence-electron chi connectivity index (χ1n) is 7.81. The summed E-state index contributed by atoms with van der Waals surface area (Å²) in [6, 6.07) is 8.77. The quantitative estimate of drug-likeness (QED) is 0.760. The van der Waals surface area contributed by atoms with Crippen LogP contribution in [0.25, 0.3) is 0 Å². The molecule has 0 radical (unpaired) electrons. The Morgan fingerprint density at radius 1 is 1.08 bits per heavy atom. The maximum atomic E-state index is 12.4. The lowest BCUT2D eigenvalue weighted by atomic mass is 9.98. The van der Waals surface area contributed by atoms with Crippen LogP contribution in [-0.2, 0) is 25.6 Å². The summed E-state index contributed by atoms with van der Waals surface area (Å²) in [6.45, 7) is 0.718. The Hall–Kier alpha value is -1.78. The molecular formula is C15H19N3O5S2. The third kappa shape index (κ3) is 4.25. The normalized spacial score (nSPS) is 17.6. The zero-order valence-electron chi connectivity index (χ0n) is 13.7. The van der Waals surface area contributed by atoms with Gasteiger partial charge in [-0.3, -0.25) is 0 Å². The molecule has 1 saturated heterocycles. The van der Waals surface area contributed by atoms with Gasteiger partial charge in [0, 0.05) is 19.0 Å². The largest absolute Gasteiger partial charge is 0.412 e. The summed E-state index contributed by atoms with van der Waals surface area (Å²) >= 11 is 0. The number of sulfonamides is 1. The summed E-state index contributed by atoms with van der Waals surface area (Å²) in [4.78, 5) is 0. The van der Waals surface area contributed by atoms with Gasteiger partial charge in [-0.15, -0.1) is 5.10 Å². The van der Waals surface area contributed by atoms with E-state index in [0.29, 0.717) is 31.5 Å². The highest BCUT2D eigenvalue weighted by molar-refractivity contribution is 7.90. The van der Waals surface area contributed by atoms with Crippen molar-refractivity contribution in [3.63, 3.8) is 0 Å². The Bertz CT molecular complexity index is 931. The molecular weight excluding hydrogens is 366 g/mol. The van der Waals surface area contributed by atoms with Crippen LogP contribution >= 0.6 is 0 Å². The molecule has 1 aliphatic heterocycles. The summed E-state index contributed by atoms with van der Waals surface area (Å²) in [5.74, 6) is -0.0897. The van der Waals surface area contributed by atoms with Crippen molar-refractivity contribution in [2.75, 3.05) is 19.3 Å². The number of piperidine rings is 1. The third-order valence-electron chi connectivity index (χ3n) is 4.16. The van der Waals surface area contributed by atoms with Crippen molar-refractivity contribution in [2.45, 2.75) is 29.7 Å². The van der Waals surface area contributed by atoms with Crippen molar-refractivity contribution >= 4 is 19.9 Å². The van der Waals surface area contributed by atoms with Crippen molar-refractivity contribution in [3.8, 4) is 0 Å². The van der Waals surface area contributed by atoms with Crippen LogP contribution in [-0.4, -0.2) is 50.7 Å². The highest BCUT2D eigenvalue weighted by atomic mass is 32.2. The molecule has 136 valence electrons. The molecule has 0 saturated carbocycles. The molecule has 0 amide bonds. The number of sulfone groups is 1. The summed E-state index contributed by atoms with van der Waals surface area (Å²) in [7, 11) is -6.93. The lowest BCUT2D eigenvalue weighted by Crippen LogP contribution is -2.37. The molecule has 2 aromatic rings. The van der Waals surface area contributed by atoms with Crippen LogP contribution in [0.3, 0.4) is 0 Å². The molecule has 2 heterocycles. The number of aromatic nitrogens is 2. The van der Waals surface area contributed by atoms with Crippen molar-refractivity contribution in [3.05, 3.63) is 41.8 Å². The molecule has 1 aliphatic rings. The van der Waals surface area contributed by atoms with Crippen molar-refractivity contribution in [1.29, 1.82) is 0 Å². The van der Waals surface area contributed by atoms with E-state index >= 15 is 0 Å². The van der Waals surface area contributed by atoms with E-state index in [9.17, 15) is 16.8 Å². The number of nitrogens with zero attached hydrogens (tertiary/aromatic N) is 3. The first kappa shape index (κ1) is 18.0. The van der Waals surface area contributed by atoms with Gasteiger partial charge in [-0.05, 0) is 18.4 Å². The van der Waals surface area contributed by atoms with E-state index in [1.165, 1.54) is 10.6 Å². The minimum absolute atomic E-state index is 0.133. The molecule has 0 spiro atoms. The average Bonchev–Trinajstić information content (AvgIpc) is 3.06. The van der Waals surface area contributed by atoms with Gasteiger partial charge in [-0.25, -0.2) is 21.1 Å². The third-order valence-corrected chi connectivity index (χ3v) is 6.87. The lowest BCUT2D eigenvalue weighted by Gasteiger charge is -2.28. The first-order chi connectivity index (χ1) is 11.8. The van der Waals surface area contributed by atoms with E-state index in [1.54, 1.807) is 24.3 Å². The molecule has 0 bridgehead atoms. The minimum Gasteiger partial charge on any atom is -0.412 e. The maximum absolute atomic E-state index is 12.4. The maximum Gasteiger partial charge on any atom is 0.335 e. The molecule has 8 nitrogen and oxygen atoms in total.